The summed E-state index contributed by atoms with van der Waals surface area (Å²) < 4.78 is 0. The zero-order chi connectivity index (χ0) is 15.7. The van der Waals surface area contributed by atoms with Gasteiger partial charge >= 0.3 is 0 Å². The molecule has 0 saturated carbocycles. The first-order chi connectivity index (χ1) is 10.0. The Hall–Kier alpha value is -1.82. The van der Waals surface area contributed by atoms with Gasteiger partial charge in [-0.15, -0.1) is 5.43 Å². The highest BCUT2D eigenvalue weighted by Crippen LogP contribution is 2.09. The van der Waals surface area contributed by atoms with Crippen molar-refractivity contribution in [2.75, 3.05) is 0 Å². The van der Waals surface area contributed by atoms with E-state index in [4.69, 9.17) is 28.9 Å². The third kappa shape index (κ3) is 7.51. The zero-order valence-corrected chi connectivity index (χ0v) is 12.6. The Bertz CT molecular complexity index is 559. The van der Waals surface area contributed by atoms with Crippen LogP contribution in [0.15, 0.2) is 48.5 Å². The Labute approximate surface area is 132 Å². The Morgan fingerprint density at radius 2 is 1.38 bits per heavy atom. The molecule has 0 aliphatic heterocycles. The first-order valence-corrected chi connectivity index (χ1v) is 6.83. The number of hydrogen-bond donors (Lipinski definition) is 2. The summed E-state index contributed by atoms with van der Waals surface area (Å²) in [5, 5.41) is 10.7. The average Bonchev–Trinajstić information content (AvgIpc) is 2.48. The summed E-state index contributed by atoms with van der Waals surface area (Å²) in [5.41, 5.74) is 9.36. The number of nitrogens with two attached hydrogens (primary N) is 1. The predicted octanol–water partition coefficient (Wildman–Crippen LogP) is 3.42. The van der Waals surface area contributed by atoms with Crippen molar-refractivity contribution in [2.24, 2.45) is 5.73 Å². The van der Waals surface area contributed by atoms with Gasteiger partial charge in [0.25, 0.3) is 0 Å². The van der Waals surface area contributed by atoms with Crippen LogP contribution >= 0.6 is 23.2 Å². The van der Waals surface area contributed by atoms with Crippen LogP contribution in [0.3, 0.4) is 0 Å². The standard InChI is InChI=1S/C7H7ClN2O2.C7H8ClN/c8-7-3-1-6(2-4-7)5-9-10(11)12;8-7-3-1-6(5-9)2-4-7/h1-4,9H,5H2;1-4H,5,9H2. The van der Waals surface area contributed by atoms with E-state index in [9.17, 15) is 10.1 Å². The van der Waals surface area contributed by atoms with Crippen LogP contribution in [0.2, 0.25) is 10.0 Å². The van der Waals surface area contributed by atoms with Gasteiger partial charge < -0.3 is 5.73 Å². The van der Waals surface area contributed by atoms with Crippen molar-refractivity contribution in [3.8, 4) is 0 Å². The smallest absolute Gasteiger partial charge is 0.157 e. The van der Waals surface area contributed by atoms with E-state index in [1.165, 1.54) is 0 Å². The summed E-state index contributed by atoms with van der Waals surface area (Å²) in [5.74, 6) is 0. The molecule has 0 atom stereocenters. The summed E-state index contributed by atoms with van der Waals surface area (Å²) >= 11 is 11.2. The van der Waals surface area contributed by atoms with Crippen LogP contribution in [0.4, 0.5) is 0 Å². The van der Waals surface area contributed by atoms with Gasteiger partial charge in [-0.1, -0.05) is 47.5 Å². The number of nitro groups is 1. The van der Waals surface area contributed by atoms with Crippen molar-refractivity contribution >= 4 is 23.2 Å². The Kier molecular flexibility index (Phi) is 7.53. The lowest BCUT2D eigenvalue weighted by Gasteiger charge is -1.97. The number of benzene rings is 2. The lowest BCUT2D eigenvalue weighted by Crippen LogP contribution is -2.20. The number of nitrogens with zero attached hydrogens (tertiary/aromatic N) is 1. The van der Waals surface area contributed by atoms with Crippen molar-refractivity contribution in [1.29, 1.82) is 0 Å². The van der Waals surface area contributed by atoms with Crippen molar-refractivity contribution in [3.05, 3.63) is 79.8 Å². The highest BCUT2D eigenvalue weighted by Gasteiger charge is 1.96. The van der Waals surface area contributed by atoms with E-state index < -0.39 is 5.03 Å². The van der Waals surface area contributed by atoms with Gasteiger partial charge in [0.05, 0.1) is 0 Å². The van der Waals surface area contributed by atoms with Crippen molar-refractivity contribution in [3.63, 3.8) is 0 Å². The van der Waals surface area contributed by atoms with Crippen molar-refractivity contribution < 1.29 is 5.03 Å². The van der Waals surface area contributed by atoms with Gasteiger partial charge in [0.2, 0.25) is 0 Å². The fourth-order valence-corrected chi connectivity index (χ4v) is 1.63. The quantitative estimate of drug-likeness (QED) is 0.665. The van der Waals surface area contributed by atoms with E-state index in [0.29, 0.717) is 11.6 Å². The molecule has 2 rings (SSSR count). The highest BCUT2D eigenvalue weighted by atomic mass is 35.5. The minimum atomic E-state index is -0.575. The van der Waals surface area contributed by atoms with Crippen LogP contribution in [0.25, 0.3) is 0 Å². The molecule has 0 heterocycles. The molecule has 112 valence electrons. The minimum absolute atomic E-state index is 0.212. The number of hydrogen-bond acceptors (Lipinski definition) is 3. The summed E-state index contributed by atoms with van der Waals surface area (Å²) in [4.78, 5) is 9.91. The lowest BCUT2D eigenvalue weighted by atomic mass is 10.2. The number of halogens is 2. The van der Waals surface area contributed by atoms with Gasteiger partial charge in [0, 0.05) is 16.6 Å². The number of hydrazine groups is 1. The Morgan fingerprint density at radius 3 is 1.76 bits per heavy atom. The average molecular weight is 328 g/mol. The van der Waals surface area contributed by atoms with E-state index in [1.807, 2.05) is 24.3 Å². The largest absolute Gasteiger partial charge is 0.326 e. The SMILES string of the molecule is NCc1ccc(Cl)cc1.O=[N+]([O-])NCc1ccc(Cl)cc1. The first kappa shape index (κ1) is 17.2. The molecule has 0 aliphatic carbocycles. The third-order valence-electron chi connectivity index (χ3n) is 2.47. The third-order valence-corrected chi connectivity index (χ3v) is 2.98. The molecule has 2 aromatic rings. The second-order valence-corrected chi connectivity index (χ2v) is 4.92. The Balaban J connectivity index is 0.000000219. The molecule has 0 unspecified atom stereocenters. The fraction of sp³-hybridized carbons (Fsp3) is 0.143. The second kappa shape index (κ2) is 9.18. The van der Waals surface area contributed by atoms with Crippen LogP contribution in [0, 0.1) is 10.1 Å². The summed E-state index contributed by atoms with van der Waals surface area (Å²) in [6.45, 7) is 0.793. The van der Waals surface area contributed by atoms with E-state index in [1.54, 1.807) is 24.3 Å². The maximum absolute atomic E-state index is 9.91. The molecule has 3 N–H and O–H groups in total. The predicted molar refractivity (Wildman–Crippen MR) is 84.6 cm³/mol. The summed E-state index contributed by atoms with van der Waals surface area (Å²) in [6.07, 6.45) is 0. The molecule has 0 fully saturated rings. The minimum Gasteiger partial charge on any atom is -0.326 e. The monoisotopic (exact) mass is 327 g/mol. The topological polar surface area (TPSA) is 81.2 Å². The van der Waals surface area contributed by atoms with E-state index in [0.717, 1.165) is 16.1 Å². The molecule has 0 spiro atoms. The van der Waals surface area contributed by atoms with E-state index in [2.05, 4.69) is 5.43 Å². The molecule has 5 nitrogen and oxygen atoms in total. The molecule has 0 saturated heterocycles. The van der Waals surface area contributed by atoms with Gasteiger partial charge in [0.15, 0.2) is 5.03 Å². The van der Waals surface area contributed by atoms with Crippen LogP contribution < -0.4 is 11.2 Å². The van der Waals surface area contributed by atoms with Crippen LogP contribution in [0.1, 0.15) is 11.1 Å². The molecule has 2 aromatic carbocycles. The van der Waals surface area contributed by atoms with Gasteiger partial charge in [0.1, 0.15) is 6.54 Å². The zero-order valence-electron chi connectivity index (χ0n) is 11.1. The van der Waals surface area contributed by atoms with Gasteiger partial charge in [-0.2, -0.15) is 0 Å². The second-order valence-electron chi connectivity index (χ2n) is 4.05. The maximum Gasteiger partial charge on any atom is 0.157 e. The number of nitrogens with one attached hydrogen (secondary N) is 1. The molecular weight excluding hydrogens is 313 g/mol. The highest BCUT2D eigenvalue weighted by molar-refractivity contribution is 6.30. The summed E-state index contributed by atoms with van der Waals surface area (Å²) in [7, 11) is 0. The molecule has 0 radical (unpaired) electrons. The maximum atomic E-state index is 9.91. The van der Waals surface area contributed by atoms with Crippen LogP contribution in [0.5, 0.6) is 0 Å². The molecule has 0 amide bonds. The van der Waals surface area contributed by atoms with Crippen molar-refractivity contribution in [2.45, 2.75) is 13.1 Å². The Morgan fingerprint density at radius 1 is 0.952 bits per heavy atom. The molecule has 0 aliphatic rings. The molecule has 21 heavy (non-hydrogen) atoms. The molecular formula is C14H15Cl2N3O2. The number of rotatable bonds is 4. The van der Waals surface area contributed by atoms with E-state index in [-0.39, 0.29) is 6.54 Å². The fourth-order valence-electron chi connectivity index (χ4n) is 1.38. The molecule has 7 heteroatoms. The summed E-state index contributed by atoms with van der Waals surface area (Å²) in [6, 6.07) is 14.4. The van der Waals surface area contributed by atoms with Crippen LogP contribution in [-0.2, 0) is 13.1 Å². The van der Waals surface area contributed by atoms with Crippen molar-refractivity contribution in [1.82, 2.24) is 5.43 Å². The van der Waals surface area contributed by atoms with E-state index >= 15 is 0 Å². The molecule has 0 bridgehead atoms. The van der Waals surface area contributed by atoms with Crippen LogP contribution in [-0.4, -0.2) is 5.03 Å². The first-order valence-electron chi connectivity index (χ1n) is 6.08. The molecule has 0 aromatic heterocycles. The van der Waals surface area contributed by atoms with Gasteiger partial charge in [-0.25, -0.2) is 10.1 Å². The lowest BCUT2D eigenvalue weighted by molar-refractivity contribution is -0.546. The van der Waals surface area contributed by atoms with Gasteiger partial charge in [-0.3, -0.25) is 0 Å². The normalized spacial score (nSPS) is 9.48. The van der Waals surface area contributed by atoms with Gasteiger partial charge in [-0.05, 0) is 35.4 Å².